The Labute approximate surface area is 128 Å². The van der Waals surface area contributed by atoms with Gasteiger partial charge in [-0.15, -0.1) is 10.2 Å². The minimum atomic E-state index is -0.925. The standard InChI is InChI=1S/C13H9N3O3S2/c1-7-8-4-2-3-5-9(8)11(19)16(7)12-14-15-13(21-12)20-6-10(17)18/h2-5H,1,6H2,(H,17,18). The van der Waals surface area contributed by atoms with Gasteiger partial charge in [0.2, 0.25) is 5.13 Å². The van der Waals surface area contributed by atoms with Gasteiger partial charge in [-0.05, 0) is 6.07 Å². The maximum atomic E-state index is 12.4. The van der Waals surface area contributed by atoms with Crippen LogP contribution in [0.4, 0.5) is 5.13 Å². The lowest BCUT2D eigenvalue weighted by molar-refractivity contribution is -0.133. The van der Waals surface area contributed by atoms with Crippen molar-refractivity contribution in [1.82, 2.24) is 10.2 Å². The van der Waals surface area contributed by atoms with E-state index in [1.807, 2.05) is 12.1 Å². The molecule has 6 nitrogen and oxygen atoms in total. The van der Waals surface area contributed by atoms with Crippen molar-refractivity contribution in [2.45, 2.75) is 4.34 Å². The van der Waals surface area contributed by atoms with E-state index < -0.39 is 5.97 Å². The second-order valence-electron chi connectivity index (χ2n) is 4.17. The summed E-state index contributed by atoms with van der Waals surface area (Å²) in [7, 11) is 0. The summed E-state index contributed by atoms with van der Waals surface area (Å²) < 4.78 is 0.504. The van der Waals surface area contributed by atoms with Gasteiger partial charge in [-0.3, -0.25) is 14.5 Å². The molecule has 1 aliphatic heterocycles. The first-order valence-electron chi connectivity index (χ1n) is 5.89. The maximum absolute atomic E-state index is 12.4. The molecule has 1 aromatic heterocycles. The highest BCUT2D eigenvalue weighted by atomic mass is 32.2. The predicted octanol–water partition coefficient (Wildman–Crippen LogP) is 2.35. The fraction of sp³-hybridized carbons (Fsp3) is 0.0769. The second-order valence-corrected chi connectivity index (χ2v) is 6.34. The van der Waals surface area contributed by atoms with Gasteiger partial charge in [0, 0.05) is 11.1 Å². The number of benzene rings is 1. The molecule has 8 heteroatoms. The highest BCUT2D eigenvalue weighted by molar-refractivity contribution is 8.01. The number of aromatic nitrogens is 2. The van der Waals surface area contributed by atoms with Crippen molar-refractivity contribution < 1.29 is 14.7 Å². The largest absolute Gasteiger partial charge is 0.481 e. The number of carbonyl (C=O) groups excluding carboxylic acids is 1. The van der Waals surface area contributed by atoms with Crippen LogP contribution in [0.15, 0.2) is 35.2 Å². The summed E-state index contributed by atoms with van der Waals surface area (Å²) in [5.74, 6) is -1.21. The Morgan fingerprint density at radius 1 is 1.33 bits per heavy atom. The lowest BCUT2D eigenvalue weighted by atomic mass is 10.1. The molecule has 0 atom stereocenters. The van der Waals surface area contributed by atoms with Crippen molar-refractivity contribution in [2.24, 2.45) is 0 Å². The van der Waals surface area contributed by atoms with Gasteiger partial charge in [0.25, 0.3) is 5.91 Å². The summed E-state index contributed by atoms with van der Waals surface area (Å²) in [6.07, 6.45) is 0. The third-order valence-corrected chi connectivity index (χ3v) is 4.87. The van der Waals surface area contributed by atoms with Gasteiger partial charge in [0.05, 0.1) is 11.4 Å². The number of anilines is 1. The molecule has 0 aliphatic carbocycles. The zero-order valence-electron chi connectivity index (χ0n) is 10.6. The van der Waals surface area contributed by atoms with E-state index in [1.165, 1.54) is 16.2 Å². The van der Waals surface area contributed by atoms with E-state index in [-0.39, 0.29) is 11.7 Å². The topological polar surface area (TPSA) is 83.4 Å². The van der Waals surface area contributed by atoms with E-state index >= 15 is 0 Å². The summed E-state index contributed by atoms with van der Waals surface area (Å²) in [6.45, 7) is 3.93. The highest BCUT2D eigenvalue weighted by Crippen LogP contribution is 2.38. The highest BCUT2D eigenvalue weighted by Gasteiger charge is 2.34. The molecule has 0 unspecified atom stereocenters. The van der Waals surface area contributed by atoms with Crippen molar-refractivity contribution in [3.63, 3.8) is 0 Å². The van der Waals surface area contributed by atoms with Crippen molar-refractivity contribution in [1.29, 1.82) is 0 Å². The number of fused-ring (bicyclic) bond motifs is 1. The molecule has 1 N–H and O–H groups in total. The zero-order valence-corrected chi connectivity index (χ0v) is 12.3. The van der Waals surface area contributed by atoms with Gasteiger partial charge >= 0.3 is 5.97 Å². The average Bonchev–Trinajstić information content (AvgIpc) is 3.02. The number of aliphatic carboxylic acids is 1. The summed E-state index contributed by atoms with van der Waals surface area (Å²) in [6, 6.07) is 7.21. The molecule has 2 aromatic rings. The smallest absolute Gasteiger partial charge is 0.313 e. The van der Waals surface area contributed by atoms with E-state index in [4.69, 9.17) is 5.11 Å². The normalized spacial score (nSPS) is 13.6. The number of rotatable bonds is 4. The van der Waals surface area contributed by atoms with Crippen LogP contribution in [-0.4, -0.2) is 32.9 Å². The van der Waals surface area contributed by atoms with Gasteiger partial charge in [-0.25, -0.2) is 0 Å². The Morgan fingerprint density at radius 2 is 2.05 bits per heavy atom. The van der Waals surface area contributed by atoms with Crippen molar-refractivity contribution >= 4 is 45.8 Å². The molecule has 0 saturated carbocycles. The third kappa shape index (κ3) is 2.43. The molecule has 21 heavy (non-hydrogen) atoms. The number of carboxylic acid groups (broad SMARTS) is 1. The monoisotopic (exact) mass is 319 g/mol. The van der Waals surface area contributed by atoms with Crippen LogP contribution in [0, 0.1) is 0 Å². The van der Waals surface area contributed by atoms with Crippen LogP contribution < -0.4 is 4.90 Å². The van der Waals surface area contributed by atoms with Gasteiger partial charge in [-0.1, -0.05) is 47.9 Å². The maximum Gasteiger partial charge on any atom is 0.313 e. The third-order valence-electron chi connectivity index (χ3n) is 2.85. The Morgan fingerprint density at radius 3 is 2.71 bits per heavy atom. The van der Waals surface area contributed by atoms with Crippen molar-refractivity contribution in [3.8, 4) is 0 Å². The Hall–Kier alpha value is -2.19. The van der Waals surface area contributed by atoms with Crippen LogP contribution >= 0.6 is 23.1 Å². The SMILES string of the molecule is C=C1c2ccccc2C(=O)N1c1nnc(SCC(=O)O)s1. The van der Waals surface area contributed by atoms with E-state index in [0.29, 0.717) is 20.7 Å². The molecule has 0 radical (unpaired) electrons. The first-order valence-corrected chi connectivity index (χ1v) is 7.69. The van der Waals surface area contributed by atoms with Crippen LogP contribution in [0.1, 0.15) is 15.9 Å². The molecular formula is C13H9N3O3S2. The number of thioether (sulfide) groups is 1. The Kier molecular flexibility index (Phi) is 3.48. The van der Waals surface area contributed by atoms with Crippen LogP contribution in [-0.2, 0) is 4.79 Å². The summed E-state index contributed by atoms with van der Waals surface area (Å²) in [4.78, 5) is 24.3. The minimum absolute atomic E-state index is 0.0935. The summed E-state index contributed by atoms with van der Waals surface area (Å²) in [5.41, 5.74) is 1.91. The molecule has 1 aromatic carbocycles. The fourth-order valence-electron chi connectivity index (χ4n) is 1.96. The van der Waals surface area contributed by atoms with Gasteiger partial charge < -0.3 is 5.11 Å². The van der Waals surface area contributed by atoms with Gasteiger partial charge in [0.15, 0.2) is 4.34 Å². The lowest BCUT2D eigenvalue weighted by Gasteiger charge is -2.12. The molecule has 1 aliphatic rings. The number of nitrogens with zero attached hydrogens (tertiary/aromatic N) is 3. The quantitative estimate of drug-likeness (QED) is 0.688. The van der Waals surface area contributed by atoms with Crippen LogP contribution in [0.2, 0.25) is 0 Å². The second kappa shape index (κ2) is 5.30. The molecule has 2 heterocycles. The lowest BCUT2D eigenvalue weighted by Crippen LogP contribution is -2.21. The molecule has 3 rings (SSSR count). The Bertz CT molecular complexity index is 722. The number of carboxylic acids is 1. The van der Waals surface area contributed by atoms with Crippen LogP contribution in [0.3, 0.4) is 0 Å². The van der Waals surface area contributed by atoms with E-state index in [1.54, 1.807) is 12.1 Å². The molecule has 1 amide bonds. The molecule has 0 spiro atoms. The van der Waals surface area contributed by atoms with E-state index in [2.05, 4.69) is 16.8 Å². The van der Waals surface area contributed by atoms with E-state index in [0.717, 1.165) is 17.3 Å². The molecule has 0 bridgehead atoms. The molecule has 0 fully saturated rings. The average molecular weight is 319 g/mol. The molecule has 0 saturated heterocycles. The number of carbonyl (C=O) groups is 2. The van der Waals surface area contributed by atoms with Crippen molar-refractivity contribution in [3.05, 3.63) is 42.0 Å². The first-order chi connectivity index (χ1) is 10.1. The molecular weight excluding hydrogens is 310 g/mol. The van der Waals surface area contributed by atoms with Crippen LogP contribution in [0.5, 0.6) is 0 Å². The molecule has 106 valence electrons. The zero-order chi connectivity index (χ0) is 15.0. The van der Waals surface area contributed by atoms with Crippen LogP contribution in [0.25, 0.3) is 5.70 Å². The predicted molar refractivity (Wildman–Crippen MR) is 80.6 cm³/mol. The first kappa shape index (κ1) is 13.8. The fourth-order valence-corrected chi connectivity index (χ4v) is 3.55. The summed E-state index contributed by atoms with van der Waals surface area (Å²) >= 11 is 2.24. The van der Waals surface area contributed by atoms with Crippen molar-refractivity contribution in [2.75, 3.05) is 10.7 Å². The summed E-state index contributed by atoms with van der Waals surface area (Å²) in [5, 5.41) is 16.9. The van der Waals surface area contributed by atoms with E-state index in [9.17, 15) is 9.59 Å². The van der Waals surface area contributed by atoms with Gasteiger partial charge in [-0.2, -0.15) is 0 Å². The number of hydrogen-bond donors (Lipinski definition) is 1. The minimum Gasteiger partial charge on any atom is -0.481 e. The Balaban J connectivity index is 1.87. The number of amides is 1. The van der Waals surface area contributed by atoms with Gasteiger partial charge in [0.1, 0.15) is 0 Å². The number of hydrogen-bond acceptors (Lipinski definition) is 6.